The van der Waals surface area contributed by atoms with Crippen LogP contribution in [0.1, 0.15) is 5.56 Å². The van der Waals surface area contributed by atoms with Crippen molar-refractivity contribution in [3.63, 3.8) is 0 Å². The predicted octanol–water partition coefficient (Wildman–Crippen LogP) is 5.57. The Bertz CT molecular complexity index is 1270. The van der Waals surface area contributed by atoms with Crippen LogP contribution in [0.2, 0.25) is 15.1 Å². The summed E-state index contributed by atoms with van der Waals surface area (Å²) in [6.07, 6.45) is 0. The molecule has 0 aliphatic carbocycles. The molecule has 2 N–H and O–H groups in total. The molecule has 5 nitrogen and oxygen atoms in total. The molecule has 1 heterocycles. The summed E-state index contributed by atoms with van der Waals surface area (Å²) in [7, 11) is 0. The van der Waals surface area contributed by atoms with Crippen molar-refractivity contribution in [2.24, 2.45) is 0 Å². The third kappa shape index (κ3) is 4.10. The number of anilines is 1. The largest absolute Gasteiger partial charge is 0.322 e. The van der Waals surface area contributed by atoms with Crippen molar-refractivity contribution in [1.82, 2.24) is 9.13 Å². The van der Waals surface area contributed by atoms with Crippen LogP contribution in [0.3, 0.4) is 0 Å². The fraction of sp³-hybridized carbons (Fsp3) is 0.0909. The van der Waals surface area contributed by atoms with E-state index in [4.69, 9.17) is 40.2 Å². The SMILES string of the molecule is N=c1n(CC(=O)Nc2c(Cl)cccc2Cl)c2ccccc2n1Cc1ccc(Cl)cc1. The Morgan fingerprint density at radius 3 is 2.07 bits per heavy atom. The van der Waals surface area contributed by atoms with Crippen LogP contribution in [0, 0.1) is 5.41 Å². The molecular weight excluding hydrogens is 443 g/mol. The lowest BCUT2D eigenvalue weighted by Gasteiger charge is -2.10. The summed E-state index contributed by atoms with van der Waals surface area (Å²) < 4.78 is 3.51. The molecule has 0 spiro atoms. The van der Waals surface area contributed by atoms with Crippen LogP contribution in [-0.4, -0.2) is 15.0 Å². The number of aromatic nitrogens is 2. The van der Waals surface area contributed by atoms with Gasteiger partial charge in [-0.2, -0.15) is 0 Å². The highest BCUT2D eigenvalue weighted by Crippen LogP contribution is 2.29. The first-order valence-corrected chi connectivity index (χ1v) is 10.3. The van der Waals surface area contributed by atoms with E-state index in [2.05, 4.69) is 5.32 Å². The Labute approximate surface area is 187 Å². The quantitative estimate of drug-likeness (QED) is 0.403. The molecule has 1 amide bonds. The second-order valence-corrected chi connectivity index (χ2v) is 8.01. The van der Waals surface area contributed by atoms with E-state index >= 15 is 0 Å². The number of hydrogen-bond acceptors (Lipinski definition) is 2. The van der Waals surface area contributed by atoms with E-state index in [1.807, 2.05) is 53.1 Å². The highest BCUT2D eigenvalue weighted by molar-refractivity contribution is 6.39. The molecule has 30 heavy (non-hydrogen) atoms. The first-order valence-electron chi connectivity index (χ1n) is 9.15. The monoisotopic (exact) mass is 458 g/mol. The van der Waals surface area contributed by atoms with Gasteiger partial charge in [0, 0.05) is 5.02 Å². The second kappa shape index (κ2) is 8.56. The van der Waals surface area contributed by atoms with Gasteiger partial charge in [-0.3, -0.25) is 10.2 Å². The van der Waals surface area contributed by atoms with Gasteiger partial charge >= 0.3 is 0 Å². The smallest absolute Gasteiger partial charge is 0.244 e. The number of hydrogen-bond donors (Lipinski definition) is 2. The molecule has 0 aliphatic heterocycles. The molecule has 4 rings (SSSR count). The van der Waals surface area contributed by atoms with Crippen molar-refractivity contribution in [3.8, 4) is 0 Å². The standard InChI is InChI=1S/C22H17Cl3N4O/c23-15-10-8-14(9-11-15)12-28-18-6-1-2-7-19(18)29(22(28)26)13-20(30)27-21-16(24)4-3-5-17(21)25/h1-11,26H,12-13H2,(H,27,30). The van der Waals surface area contributed by atoms with Gasteiger partial charge in [-0.15, -0.1) is 0 Å². The van der Waals surface area contributed by atoms with Crippen LogP contribution in [0.25, 0.3) is 11.0 Å². The average molecular weight is 460 g/mol. The number of amides is 1. The van der Waals surface area contributed by atoms with Crippen molar-refractivity contribution in [2.45, 2.75) is 13.1 Å². The second-order valence-electron chi connectivity index (χ2n) is 6.76. The lowest BCUT2D eigenvalue weighted by atomic mass is 10.2. The fourth-order valence-corrected chi connectivity index (χ4v) is 3.94. The summed E-state index contributed by atoms with van der Waals surface area (Å²) in [6.45, 7) is 0.440. The Kier molecular flexibility index (Phi) is 5.86. The topological polar surface area (TPSA) is 62.8 Å². The maximum Gasteiger partial charge on any atom is 0.244 e. The third-order valence-corrected chi connectivity index (χ3v) is 5.64. The van der Waals surface area contributed by atoms with Gasteiger partial charge in [0.15, 0.2) is 0 Å². The summed E-state index contributed by atoms with van der Waals surface area (Å²) in [5, 5.41) is 12.8. The van der Waals surface area contributed by atoms with Gasteiger partial charge < -0.3 is 14.5 Å². The zero-order valence-corrected chi connectivity index (χ0v) is 18.0. The minimum absolute atomic E-state index is 0.0471. The van der Waals surface area contributed by atoms with Gasteiger partial charge in [0.25, 0.3) is 0 Å². The van der Waals surface area contributed by atoms with Crippen LogP contribution in [0.5, 0.6) is 0 Å². The maximum absolute atomic E-state index is 12.7. The molecule has 8 heteroatoms. The van der Waals surface area contributed by atoms with Crippen molar-refractivity contribution < 1.29 is 4.79 Å². The highest BCUT2D eigenvalue weighted by atomic mass is 35.5. The van der Waals surface area contributed by atoms with Crippen molar-refractivity contribution in [1.29, 1.82) is 5.41 Å². The van der Waals surface area contributed by atoms with Crippen LogP contribution in [0.4, 0.5) is 5.69 Å². The van der Waals surface area contributed by atoms with Gasteiger partial charge in [-0.05, 0) is 42.0 Å². The first kappa shape index (κ1) is 20.5. The molecule has 152 valence electrons. The molecule has 1 aromatic heterocycles. The molecule has 0 fully saturated rings. The molecule has 0 aliphatic rings. The van der Waals surface area contributed by atoms with Gasteiger partial charge in [0.2, 0.25) is 11.5 Å². The molecule has 0 unspecified atom stereocenters. The summed E-state index contributed by atoms with van der Waals surface area (Å²) in [5.74, 6) is -0.321. The summed E-state index contributed by atoms with van der Waals surface area (Å²) >= 11 is 18.3. The van der Waals surface area contributed by atoms with Gasteiger partial charge in [-0.1, -0.05) is 65.1 Å². The molecule has 0 atom stereocenters. The number of nitrogens with one attached hydrogen (secondary N) is 2. The van der Waals surface area contributed by atoms with Crippen LogP contribution < -0.4 is 10.9 Å². The molecule has 0 radical (unpaired) electrons. The van der Waals surface area contributed by atoms with Crippen LogP contribution in [-0.2, 0) is 17.9 Å². The Morgan fingerprint density at radius 2 is 1.43 bits per heavy atom. The fourth-order valence-electron chi connectivity index (χ4n) is 3.33. The van der Waals surface area contributed by atoms with Gasteiger partial charge in [0.1, 0.15) is 6.54 Å². The van der Waals surface area contributed by atoms with Crippen molar-refractivity contribution in [2.75, 3.05) is 5.32 Å². The van der Waals surface area contributed by atoms with Crippen LogP contribution >= 0.6 is 34.8 Å². The minimum atomic E-state index is -0.321. The number of fused-ring (bicyclic) bond motifs is 1. The number of carbonyl (C=O) groups is 1. The normalized spacial score (nSPS) is 11.0. The zero-order chi connectivity index (χ0) is 21.3. The minimum Gasteiger partial charge on any atom is -0.322 e. The molecule has 0 saturated carbocycles. The number of para-hydroxylation sites is 3. The van der Waals surface area contributed by atoms with Crippen molar-refractivity contribution in [3.05, 3.63) is 93.0 Å². The van der Waals surface area contributed by atoms with Gasteiger partial charge in [0.05, 0.1) is 33.3 Å². The highest BCUT2D eigenvalue weighted by Gasteiger charge is 2.15. The maximum atomic E-state index is 12.7. The predicted molar refractivity (Wildman–Crippen MR) is 121 cm³/mol. The molecule has 0 saturated heterocycles. The van der Waals surface area contributed by atoms with Crippen molar-refractivity contribution >= 4 is 57.4 Å². The van der Waals surface area contributed by atoms with E-state index in [0.717, 1.165) is 16.6 Å². The average Bonchev–Trinajstić information content (AvgIpc) is 2.98. The van der Waals surface area contributed by atoms with E-state index < -0.39 is 0 Å². The molecule has 4 aromatic rings. The molecule has 0 bridgehead atoms. The number of halogens is 3. The summed E-state index contributed by atoms with van der Waals surface area (Å²) in [6, 6.07) is 20.1. The number of benzene rings is 3. The third-order valence-electron chi connectivity index (χ3n) is 4.76. The lowest BCUT2D eigenvalue weighted by molar-refractivity contribution is -0.116. The van der Waals surface area contributed by atoms with E-state index in [9.17, 15) is 4.79 Å². The van der Waals surface area contributed by atoms with E-state index in [-0.39, 0.29) is 18.1 Å². The van der Waals surface area contributed by atoms with Gasteiger partial charge in [-0.25, -0.2) is 0 Å². The zero-order valence-electron chi connectivity index (χ0n) is 15.7. The Hall–Kier alpha value is -2.73. The molecule has 3 aromatic carbocycles. The summed E-state index contributed by atoms with van der Waals surface area (Å²) in [4.78, 5) is 12.7. The number of imidazole rings is 1. The van der Waals surface area contributed by atoms with E-state index in [1.54, 1.807) is 22.8 Å². The Balaban J connectivity index is 1.67. The number of rotatable bonds is 5. The Morgan fingerprint density at radius 1 is 0.833 bits per heavy atom. The van der Waals surface area contributed by atoms with E-state index in [0.29, 0.717) is 27.3 Å². The number of nitrogens with zero attached hydrogens (tertiary/aromatic N) is 2. The van der Waals surface area contributed by atoms with Crippen LogP contribution in [0.15, 0.2) is 66.7 Å². The lowest BCUT2D eigenvalue weighted by Crippen LogP contribution is -2.30. The van der Waals surface area contributed by atoms with E-state index in [1.165, 1.54) is 0 Å². The summed E-state index contributed by atoms with van der Waals surface area (Å²) in [5.41, 5.74) is 3.24. The molecular formula is C22H17Cl3N4O. The number of carbonyl (C=O) groups excluding carboxylic acids is 1. The first-order chi connectivity index (χ1) is 14.4.